The van der Waals surface area contributed by atoms with Crippen molar-refractivity contribution in [2.45, 2.75) is 227 Å². The van der Waals surface area contributed by atoms with Crippen LogP contribution in [0.3, 0.4) is 0 Å². The minimum Gasteiger partial charge on any atom is -0.391 e. The number of hydrogen-bond donors (Lipinski definition) is 7. The highest BCUT2D eigenvalue weighted by atomic mass is 16.5. The average molecular weight is 1420 g/mol. The number of piperidine rings is 1. The lowest BCUT2D eigenvalue weighted by Crippen LogP contribution is -2.63. The Balaban J connectivity index is 2.07. The number of likely N-dealkylation sites (tertiary alicyclic amines) is 1. The maximum atomic E-state index is 15.3. The maximum absolute atomic E-state index is 15.3. The molecule has 7 N–H and O–H groups in total. The summed E-state index contributed by atoms with van der Waals surface area (Å²) in [5.41, 5.74) is 0.612. The summed E-state index contributed by atoms with van der Waals surface area (Å²) in [6.45, 7) is 25.2. The average Bonchev–Trinajstić information content (AvgIpc) is 0.824. The Morgan fingerprint density at radius 2 is 1.05 bits per heavy atom. The fourth-order valence-electron chi connectivity index (χ4n) is 12.2. The van der Waals surface area contributed by atoms with Crippen molar-refractivity contribution >= 4 is 71.4 Å². The molecule has 0 aliphatic carbocycles. The molecule has 0 unspecified atom stereocenters. The second-order valence-electron chi connectivity index (χ2n) is 30.3. The van der Waals surface area contributed by atoms with Gasteiger partial charge in [0.1, 0.15) is 36.3 Å². The lowest BCUT2D eigenvalue weighted by molar-refractivity contribution is -0.149. The quantitative estimate of drug-likeness (QED) is 0.0365. The number of carbonyl (C=O) groups is 12. The summed E-state index contributed by atoms with van der Waals surface area (Å²) in [7, 11) is 8.84. The Bertz CT molecular complexity index is 3030. The number of rotatable bonds is 40. The molecule has 0 aromatic heterocycles. The van der Waals surface area contributed by atoms with E-state index in [0.29, 0.717) is 36.8 Å². The van der Waals surface area contributed by atoms with E-state index in [1.54, 1.807) is 98.0 Å². The molecule has 0 spiro atoms. The smallest absolute Gasteiger partial charge is 0.254 e. The molecular formula is C75H122N12O14. The molecule has 1 fully saturated rings. The standard InChI is InChI=1S/C75H122N12O14/c1-46(2)36-54(83(17)45-88)41-63(91)77-58(44-101-75(12,13)14)71(97)86(20)61(40-53-32-26-22-27-33-53)72(98)82(16)43-55(49(7)8)66(92)81-65(74(100)87-34-28-23-29-35-87)69(95)80-64(50(9)10)73(99)85(19)60(39-52-30-24-21-25-31-52)68(94)79-57(37-47(3)4)70(96)84(18)59(38-48(5)6)67(93)78-56(51(11)89)42-62(90)76-15/h21-22,24-27,30-33,45-51,54-61,64-65,89H,23,28-29,34-44H2,1-20H3,(H,76,90)(H,77,91)(H,78,93)(H,79,94)(H,80,95)(H,81,92)/t51-,54+,55+,56-,57+,58+,59+,60+,61+,64-,65+/m1/s1. The first kappa shape index (κ1) is 87.2. The van der Waals surface area contributed by atoms with Gasteiger partial charge in [0.25, 0.3) is 11.8 Å². The number of ether oxygens (including phenoxy) is 1. The number of carbonyl (C=O) groups excluding carboxylic acids is 12. The van der Waals surface area contributed by atoms with E-state index in [1.807, 2.05) is 59.7 Å². The minimum atomic E-state index is -1.88. The fourth-order valence-corrected chi connectivity index (χ4v) is 12.2. The summed E-state index contributed by atoms with van der Waals surface area (Å²) in [5, 5.41) is 27.1. The van der Waals surface area contributed by atoms with E-state index in [0.717, 1.165) is 6.42 Å². The molecule has 11 atom stereocenters. The van der Waals surface area contributed by atoms with Crippen molar-refractivity contribution in [1.82, 2.24) is 61.3 Å². The number of benzene rings is 2. The second-order valence-corrected chi connectivity index (χ2v) is 30.3. The van der Waals surface area contributed by atoms with Crippen LogP contribution in [-0.4, -0.2) is 241 Å². The van der Waals surface area contributed by atoms with E-state index < -0.39 is 149 Å². The Kier molecular flexibility index (Phi) is 36.1. The van der Waals surface area contributed by atoms with E-state index in [9.17, 15) is 38.7 Å². The lowest BCUT2D eigenvalue weighted by atomic mass is 9.93. The van der Waals surface area contributed by atoms with Gasteiger partial charge < -0.3 is 71.1 Å². The molecule has 12 amide bonds. The highest BCUT2D eigenvalue weighted by Gasteiger charge is 2.43. The number of likely N-dealkylation sites (N-methyl/N-ethyl adjacent to an activating group) is 4. The van der Waals surface area contributed by atoms with Crippen LogP contribution in [0.5, 0.6) is 0 Å². The van der Waals surface area contributed by atoms with E-state index >= 15 is 24.0 Å². The van der Waals surface area contributed by atoms with Crippen LogP contribution in [-0.2, 0) is 75.1 Å². The zero-order valence-corrected chi connectivity index (χ0v) is 63.9. The highest BCUT2D eigenvalue weighted by molar-refractivity contribution is 6.08. The molecule has 2 aromatic carbocycles. The lowest BCUT2D eigenvalue weighted by Gasteiger charge is -2.36. The molecule has 26 heteroatoms. The van der Waals surface area contributed by atoms with Crippen molar-refractivity contribution in [1.29, 1.82) is 0 Å². The molecule has 1 aliphatic heterocycles. The summed E-state index contributed by atoms with van der Waals surface area (Å²) in [6, 6.07) is 7.09. The third-order valence-corrected chi connectivity index (χ3v) is 18.4. The van der Waals surface area contributed by atoms with Crippen LogP contribution in [0.25, 0.3) is 0 Å². The molecule has 0 saturated carbocycles. The SMILES string of the molecule is CNC(=O)C[C@@H](NC(=O)[C@H](CC(C)C)N(C)C(=O)[C@H](CC(C)C)NC(=O)[C@H](Cc1ccccc1)N(C)C(=O)[C@H](NC(=O)[C@H](NC(=O)[C@@H](CN(C)C(=O)[C@H](Cc1ccccc1)N(C)C(=O)[C@H](COC(C)(C)C)NC(=O)C[C@H](CC(C)C)N(C)C=O)C(C)C)C(=O)N1CCCCC1)C(C)C)[C@@H](C)O. The van der Waals surface area contributed by atoms with Crippen LogP contribution in [0.4, 0.5) is 0 Å². The number of nitrogens with zero attached hydrogens (tertiary/aromatic N) is 6. The van der Waals surface area contributed by atoms with Crippen LogP contribution in [0.15, 0.2) is 60.7 Å². The molecular weight excluding hydrogens is 1290 g/mol. The summed E-state index contributed by atoms with van der Waals surface area (Å²) >= 11 is 0. The van der Waals surface area contributed by atoms with Gasteiger partial charge in [-0.25, -0.2) is 0 Å². The van der Waals surface area contributed by atoms with E-state index in [-0.39, 0.29) is 82.5 Å². The molecule has 1 saturated heterocycles. The van der Waals surface area contributed by atoms with Crippen molar-refractivity contribution in [2.75, 3.05) is 68.5 Å². The maximum Gasteiger partial charge on any atom is 0.254 e. The van der Waals surface area contributed by atoms with Crippen molar-refractivity contribution < 1.29 is 67.4 Å². The van der Waals surface area contributed by atoms with Gasteiger partial charge in [0.15, 0.2) is 6.04 Å². The van der Waals surface area contributed by atoms with Gasteiger partial charge >= 0.3 is 0 Å². The van der Waals surface area contributed by atoms with Gasteiger partial charge in [0.05, 0.1) is 30.3 Å². The Hall–Kier alpha value is -8.00. The van der Waals surface area contributed by atoms with Crippen LogP contribution < -0.4 is 31.9 Å². The molecule has 1 aliphatic rings. The largest absolute Gasteiger partial charge is 0.391 e. The topological polar surface area (TPSA) is 326 Å². The van der Waals surface area contributed by atoms with E-state index in [4.69, 9.17) is 4.74 Å². The van der Waals surface area contributed by atoms with Gasteiger partial charge in [-0.05, 0) is 107 Å². The fraction of sp³-hybridized carbons (Fsp3) is 0.680. The Morgan fingerprint density at radius 3 is 1.53 bits per heavy atom. The van der Waals surface area contributed by atoms with Gasteiger partial charge in [-0.15, -0.1) is 0 Å². The molecule has 3 rings (SSSR count). The summed E-state index contributed by atoms with van der Waals surface area (Å²) < 4.78 is 6.09. The van der Waals surface area contributed by atoms with Crippen LogP contribution in [0.2, 0.25) is 0 Å². The van der Waals surface area contributed by atoms with Crippen molar-refractivity contribution in [3.63, 3.8) is 0 Å². The number of aliphatic hydroxyl groups is 1. The Morgan fingerprint density at radius 1 is 0.545 bits per heavy atom. The van der Waals surface area contributed by atoms with Crippen molar-refractivity contribution in [2.24, 2.45) is 35.5 Å². The highest BCUT2D eigenvalue weighted by Crippen LogP contribution is 2.23. The third kappa shape index (κ3) is 28.4. The Labute approximate surface area is 600 Å². The van der Waals surface area contributed by atoms with Crippen LogP contribution >= 0.6 is 0 Å². The summed E-state index contributed by atoms with van der Waals surface area (Å²) in [4.78, 5) is 180. The minimum absolute atomic E-state index is 0.0226. The molecule has 0 bridgehead atoms. The van der Waals surface area contributed by atoms with Gasteiger partial charge in [0, 0.05) is 93.6 Å². The van der Waals surface area contributed by atoms with E-state index in [2.05, 4.69) is 31.9 Å². The van der Waals surface area contributed by atoms with Gasteiger partial charge in [0.2, 0.25) is 59.6 Å². The molecule has 101 heavy (non-hydrogen) atoms. The normalized spacial score (nSPS) is 15.8. The van der Waals surface area contributed by atoms with Crippen LogP contribution in [0.1, 0.15) is 159 Å². The molecule has 26 nitrogen and oxygen atoms in total. The third-order valence-electron chi connectivity index (χ3n) is 18.4. The van der Waals surface area contributed by atoms with Gasteiger partial charge in [-0.3, -0.25) is 57.5 Å². The zero-order chi connectivity index (χ0) is 76.3. The predicted molar refractivity (Wildman–Crippen MR) is 388 cm³/mol. The van der Waals surface area contributed by atoms with Crippen molar-refractivity contribution in [3.05, 3.63) is 71.8 Å². The first-order chi connectivity index (χ1) is 47.2. The molecule has 2 aromatic rings. The van der Waals surface area contributed by atoms with Gasteiger partial charge in [-0.2, -0.15) is 0 Å². The number of amides is 12. The van der Waals surface area contributed by atoms with Crippen molar-refractivity contribution in [3.8, 4) is 0 Å². The monoisotopic (exact) mass is 1410 g/mol. The van der Waals surface area contributed by atoms with E-state index in [1.165, 1.54) is 71.6 Å². The molecule has 0 radical (unpaired) electrons. The first-order valence-electron chi connectivity index (χ1n) is 35.9. The molecule has 566 valence electrons. The summed E-state index contributed by atoms with van der Waals surface area (Å²) in [6.07, 6.45) is 2.10. The predicted octanol–water partition coefficient (Wildman–Crippen LogP) is 4.09. The summed E-state index contributed by atoms with van der Waals surface area (Å²) in [5.74, 6) is -9.67. The van der Waals surface area contributed by atoms with Crippen LogP contribution in [0, 0.1) is 35.5 Å². The first-order valence-corrected chi connectivity index (χ1v) is 35.9. The molecule has 1 heterocycles. The number of nitrogens with one attached hydrogen (secondary N) is 6. The number of aliphatic hydroxyl groups excluding tert-OH is 1. The second kappa shape index (κ2) is 41.8. The zero-order valence-electron chi connectivity index (χ0n) is 63.9. The van der Waals surface area contributed by atoms with Gasteiger partial charge in [-0.1, -0.05) is 130 Å². The number of hydrogen-bond acceptors (Lipinski definition) is 14.